The van der Waals surface area contributed by atoms with Crippen LogP contribution >= 0.6 is 23.2 Å². The minimum Gasteiger partial charge on any atom is -0.493 e. The molecule has 0 radical (unpaired) electrons. The van der Waals surface area contributed by atoms with Crippen molar-refractivity contribution in [2.45, 2.75) is 156 Å². The van der Waals surface area contributed by atoms with Crippen molar-refractivity contribution in [1.29, 1.82) is 0 Å². The smallest absolute Gasteiger partial charge is 0.412 e. The number of carbonyl (C=O) groups excluding carboxylic acids is 2. The molecule has 2 N–H and O–H groups in total. The Morgan fingerprint density at radius 3 is 0.920 bits per heavy atom. The minimum atomic E-state index is -4.59. The molecule has 678 valence electrons. The van der Waals surface area contributed by atoms with Crippen LogP contribution in [0.1, 0.15) is 166 Å². The first-order valence-electron chi connectivity index (χ1n) is 40.2. The maximum atomic E-state index is 14.0. The number of aromatic nitrogens is 4. The average Bonchev–Trinajstić information content (AvgIpc) is 0.867. The predicted octanol–water partition coefficient (Wildman–Crippen LogP) is 13.6. The lowest BCUT2D eigenvalue weighted by atomic mass is 9.96. The van der Waals surface area contributed by atoms with Crippen molar-refractivity contribution in [2.75, 3.05) is 143 Å². The topological polar surface area (TPSA) is 320 Å². The molecule has 0 fully saturated rings. The van der Waals surface area contributed by atoms with Gasteiger partial charge in [-0.1, -0.05) is 23.2 Å². The van der Waals surface area contributed by atoms with Gasteiger partial charge in [0, 0.05) is 172 Å². The zero-order valence-electron chi connectivity index (χ0n) is 74.0. The zero-order valence-corrected chi connectivity index (χ0v) is 75.5. The van der Waals surface area contributed by atoms with Crippen molar-refractivity contribution in [3.8, 4) is 79.5 Å². The van der Waals surface area contributed by atoms with Gasteiger partial charge in [-0.25, -0.2) is 9.59 Å². The van der Waals surface area contributed by atoms with Crippen molar-refractivity contribution < 1.29 is 99.4 Å². The van der Waals surface area contributed by atoms with Crippen LogP contribution < -0.4 is 70.2 Å². The number of nitrogens with zero attached hydrogens (tertiary/aromatic N) is 8. The highest BCUT2D eigenvalue weighted by Crippen LogP contribution is 2.46. The first kappa shape index (κ1) is 97.9. The molecule has 35 heteroatoms. The number of carboxylic acid groups (broad SMARTS) is 2. The third-order valence-corrected chi connectivity index (χ3v) is 22.0. The van der Waals surface area contributed by atoms with Gasteiger partial charge in [0.1, 0.15) is 28.2 Å². The Labute approximate surface area is 733 Å². The summed E-state index contributed by atoms with van der Waals surface area (Å²) in [6.45, 7) is 25.2. The predicted molar refractivity (Wildman–Crippen MR) is 469 cm³/mol. The largest absolute Gasteiger partial charge is 0.493 e. The van der Waals surface area contributed by atoms with E-state index in [1.165, 1.54) is 61.4 Å². The zero-order chi connectivity index (χ0) is 92.1. The summed E-state index contributed by atoms with van der Waals surface area (Å²) in [6, 6.07) is 19.8. The fourth-order valence-corrected chi connectivity index (χ4v) is 15.2. The molecule has 4 aliphatic rings. The van der Waals surface area contributed by atoms with Gasteiger partial charge in [0.25, 0.3) is 0 Å². The van der Waals surface area contributed by atoms with E-state index in [1.807, 2.05) is 72.7 Å². The first-order chi connectivity index (χ1) is 59.0. The van der Waals surface area contributed by atoms with Gasteiger partial charge >= 0.3 is 18.1 Å². The number of methoxy groups -OCH3 is 8. The van der Waals surface area contributed by atoms with Crippen LogP contribution in [-0.2, 0) is 54.6 Å². The number of ketones is 2. The van der Waals surface area contributed by atoms with E-state index in [-0.39, 0.29) is 56.3 Å². The maximum Gasteiger partial charge on any atom is 0.412 e. The molecule has 4 aliphatic heterocycles. The fourth-order valence-electron chi connectivity index (χ4n) is 14.7. The molecule has 125 heavy (non-hydrogen) atoms. The van der Waals surface area contributed by atoms with Gasteiger partial charge in [-0.05, 0) is 147 Å². The number of fused-ring (bicyclic) bond motifs is 12. The molecular formula is C90H111Cl2F3N8O22. The summed E-state index contributed by atoms with van der Waals surface area (Å²) in [7, 11) is 12.9. The normalized spacial score (nSPS) is 13.1. The molecule has 12 rings (SSSR count). The highest BCUT2D eigenvalue weighted by atomic mass is 35.5. The van der Waals surface area contributed by atoms with E-state index in [1.54, 1.807) is 90.6 Å². The van der Waals surface area contributed by atoms with Gasteiger partial charge in [-0.3, -0.25) is 52.5 Å². The number of halogens is 5. The van der Waals surface area contributed by atoms with Gasteiger partial charge in [-0.15, -0.1) is 0 Å². The summed E-state index contributed by atoms with van der Waals surface area (Å²) < 4.78 is 114. The molecule has 0 amide bonds. The lowest BCUT2D eigenvalue weighted by Gasteiger charge is -2.46. The molecule has 30 nitrogen and oxygen atoms in total. The van der Waals surface area contributed by atoms with Crippen molar-refractivity contribution >= 4 is 46.7 Å². The molecule has 0 aliphatic carbocycles. The van der Waals surface area contributed by atoms with Crippen LogP contribution in [0.4, 0.5) is 13.2 Å². The monoisotopic (exact) mass is 1780 g/mol. The van der Waals surface area contributed by atoms with E-state index in [2.05, 4.69) is 25.8 Å². The number of rotatable bonds is 33. The number of hydrogen-bond donors (Lipinski definition) is 2. The summed E-state index contributed by atoms with van der Waals surface area (Å²) in [5.41, 5.74) is 2.30. The molecule has 8 heterocycles. The summed E-state index contributed by atoms with van der Waals surface area (Å²) in [4.78, 5) is 97.2. The van der Waals surface area contributed by atoms with Crippen LogP contribution in [0.3, 0.4) is 0 Å². The molecule has 0 bridgehead atoms. The van der Waals surface area contributed by atoms with Crippen molar-refractivity contribution in [3.63, 3.8) is 0 Å². The summed E-state index contributed by atoms with van der Waals surface area (Å²) in [5, 5.41) is 26.8. The van der Waals surface area contributed by atoms with Crippen LogP contribution in [0, 0.1) is 0 Å². The Balaban J connectivity index is 0.000000189. The summed E-state index contributed by atoms with van der Waals surface area (Å²) in [5.74, 6) is -0.0156. The molecule has 0 unspecified atom stereocenters. The number of hydrogen-bond acceptors (Lipinski definition) is 24. The standard InChI is InChI=1S/C23H30N2O7.C23H30N2O5.C22H24ClF3N2O4.C22H27ClN2O6/c1-23(2,14-30-4)25-12-15-9-21(32-8-6-7-29-3)20(31-5)10-16(15)18-11-19(26)17(22(27)28)13-24(18)25;1-15(26)18-14-24-19(12-20(18)27)17-11-21(29-6)22(30-9-7-8-28-5)10-16(17)13-25(24)23(2,3)4;1-13(29)16-12-27-18(10-19(16)30)15-9-17(23)20(32-7-5-6-31-4)8-14(15)11-28(27)21(2,3)22(24,25)26;1-22(2,13-30-4)25-11-14-8-20(31-7-5-6-29-3)17(23)9-15(14)18-10-19(26)16(21(27)28)12-24(18)25/h9-11,13H,6-8,12,14H2,1-5H3,(H,27,28);10-12,14H,7-9,13H2,1-6H3;8-10,12H,5-7,11H2,1-4H3;8-10,12H,5-7,11,13H2,1-4H3,(H,27,28). The molecule has 0 saturated heterocycles. The third-order valence-electron chi connectivity index (χ3n) is 21.4. The molecule has 0 saturated carbocycles. The van der Waals surface area contributed by atoms with Gasteiger partial charge in [0.15, 0.2) is 56.3 Å². The van der Waals surface area contributed by atoms with Crippen LogP contribution in [0.2, 0.25) is 10.0 Å². The molecule has 0 atom stereocenters. The Morgan fingerprint density at radius 2 is 0.632 bits per heavy atom. The van der Waals surface area contributed by atoms with Crippen LogP contribution in [0.5, 0.6) is 34.5 Å². The highest BCUT2D eigenvalue weighted by Gasteiger charge is 2.53. The SMILES string of the molecule is COCCCOc1cc2c(cc1Cl)-c1cc(=O)c(C(=O)O)cn1N(C(C)(C)COC)C2.COCCCOc1cc2c(cc1Cl)-c1cc(=O)c(C(C)=O)cn1N(C(C)(C)C(F)(F)F)C2.COCCCOc1cc2c(cc1OC)-c1cc(=O)c(C(=O)O)cn1N(C(C)(C)COC)C2.COCCCOc1cc2c(cc1OC)-c1cc(=O)c(C(C)=O)cn1N(C(C)(C)C)C2. The van der Waals surface area contributed by atoms with Crippen LogP contribution in [-0.4, -0.2) is 204 Å². The number of aromatic carboxylic acids is 2. The van der Waals surface area contributed by atoms with Gasteiger partial charge in [0.05, 0.1) is 135 Å². The number of alkyl halides is 3. The minimum absolute atomic E-state index is 0.138. The van der Waals surface area contributed by atoms with Crippen LogP contribution in [0.25, 0.3) is 45.0 Å². The number of carbonyl (C=O) groups is 4. The number of Topliss-reactive ketones (excluding diaryl/α,β-unsaturated/α-hetero) is 2. The molecule has 4 aromatic heterocycles. The van der Waals surface area contributed by atoms with Crippen LogP contribution in [0.15, 0.2) is 117 Å². The molecular weight excluding hydrogens is 1670 g/mol. The van der Waals surface area contributed by atoms with E-state index in [4.69, 9.17) is 80.0 Å². The van der Waals surface area contributed by atoms with Gasteiger partial charge < -0.3 is 82.1 Å². The Kier molecular flexibility index (Phi) is 32.5. The Hall–Kier alpha value is -10.9. The van der Waals surface area contributed by atoms with E-state index < -0.39 is 56.8 Å². The molecule has 0 spiro atoms. The second-order valence-corrected chi connectivity index (χ2v) is 33.6. The quantitative estimate of drug-likeness (QED) is 0.0285. The van der Waals surface area contributed by atoms with Crippen molar-refractivity contribution in [2.24, 2.45) is 0 Å². The Morgan fingerprint density at radius 1 is 0.360 bits per heavy atom. The number of ether oxygens (including phenoxy) is 12. The lowest BCUT2D eigenvalue weighted by molar-refractivity contribution is -0.182. The van der Waals surface area contributed by atoms with Gasteiger partial charge in [0.2, 0.25) is 0 Å². The first-order valence-corrected chi connectivity index (χ1v) is 41.0. The van der Waals surface area contributed by atoms with Crippen molar-refractivity contribution in [3.05, 3.63) is 193 Å². The Bertz CT molecular complexity index is 5520. The second-order valence-electron chi connectivity index (χ2n) is 32.8. The summed E-state index contributed by atoms with van der Waals surface area (Å²) >= 11 is 12.8. The maximum absolute atomic E-state index is 14.0. The molecule has 8 aromatic rings. The van der Waals surface area contributed by atoms with Gasteiger partial charge in [-0.2, -0.15) is 13.2 Å². The average molecular weight is 1780 g/mol. The van der Waals surface area contributed by atoms with E-state index in [0.29, 0.717) is 154 Å². The lowest BCUT2D eigenvalue weighted by Crippen LogP contribution is -2.60. The number of pyridine rings is 4. The van der Waals surface area contributed by atoms with Crippen molar-refractivity contribution in [1.82, 2.24) is 18.7 Å². The second kappa shape index (κ2) is 41.5. The number of benzene rings is 4. The third kappa shape index (κ3) is 22.3. The van der Waals surface area contributed by atoms with E-state index >= 15 is 0 Å². The van der Waals surface area contributed by atoms with E-state index in [9.17, 15) is 61.7 Å². The van der Waals surface area contributed by atoms with E-state index in [0.717, 1.165) is 77.2 Å². The highest BCUT2D eigenvalue weighted by molar-refractivity contribution is 6.32. The molecule has 4 aromatic carbocycles. The number of carboxylic acids is 2. The fraction of sp³-hybridized carbons (Fsp3) is 0.467. The summed E-state index contributed by atoms with van der Waals surface area (Å²) in [6.07, 6.45) is 3.82.